The van der Waals surface area contributed by atoms with Gasteiger partial charge in [0.15, 0.2) is 0 Å². The standard InChI is InChI=1S/C22H25N3O2/c1-2-27-19-8-9-20-17(13-19)12-18(22(26)24-20)15-25-11-4-3-7-21(25)16-6-5-10-23-14-16/h5-6,8-10,12-14,21H,2-4,7,11,15H2,1H3,(H,24,26)/t21-/m0/s1. The molecular formula is C22H25N3O2. The van der Waals surface area contributed by atoms with E-state index in [1.807, 2.05) is 43.5 Å². The number of nitrogens with one attached hydrogen (secondary N) is 1. The molecule has 4 rings (SSSR count). The highest BCUT2D eigenvalue weighted by Crippen LogP contribution is 2.31. The van der Waals surface area contributed by atoms with Crippen LogP contribution in [0.2, 0.25) is 0 Å². The molecule has 1 atom stereocenters. The van der Waals surface area contributed by atoms with Crippen molar-refractivity contribution in [2.75, 3.05) is 13.2 Å². The number of benzene rings is 1. The van der Waals surface area contributed by atoms with Crippen LogP contribution in [-0.2, 0) is 6.54 Å². The van der Waals surface area contributed by atoms with Gasteiger partial charge in [0.1, 0.15) is 5.75 Å². The minimum atomic E-state index is -0.0119. The topological polar surface area (TPSA) is 58.2 Å². The van der Waals surface area contributed by atoms with Gasteiger partial charge < -0.3 is 9.72 Å². The Morgan fingerprint density at radius 2 is 2.19 bits per heavy atom. The smallest absolute Gasteiger partial charge is 0.252 e. The maximum atomic E-state index is 12.6. The van der Waals surface area contributed by atoms with Crippen molar-refractivity contribution in [1.29, 1.82) is 0 Å². The summed E-state index contributed by atoms with van der Waals surface area (Å²) in [7, 11) is 0. The van der Waals surface area contributed by atoms with E-state index < -0.39 is 0 Å². The molecular weight excluding hydrogens is 338 g/mol. The highest BCUT2D eigenvalue weighted by atomic mass is 16.5. The Morgan fingerprint density at radius 1 is 1.26 bits per heavy atom. The van der Waals surface area contributed by atoms with Crippen molar-refractivity contribution < 1.29 is 4.74 Å². The lowest BCUT2D eigenvalue weighted by molar-refractivity contribution is 0.139. The lowest BCUT2D eigenvalue weighted by atomic mass is 9.96. The van der Waals surface area contributed by atoms with E-state index in [9.17, 15) is 4.79 Å². The Bertz CT molecular complexity index is 968. The molecule has 3 aromatic rings. The third kappa shape index (κ3) is 3.88. The number of rotatable bonds is 5. The number of ether oxygens (including phenoxy) is 1. The minimum Gasteiger partial charge on any atom is -0.494 e. The number of fused-ring (bicyclic) bond motifs is 1. The molecule has 1 aliphatic rings. The van der Waals surface area contributed by atoms with Crippen LogP contribution in [0.5, 0.6) is 5.75 Å². The second-order valence-electron chi connectivity index (χ2n) is 7.07. The SMILES string of the molecule is CCOc1ccc2[nH]c(=O)c(CN3CCCC[C@H]3c3cccnc3)cc2c1. The molecule has 27 heavy (non-hydrogen) atoms. The van der Waals surface area contributed by atoms with Gasteiger partial charge in [-0.1, -0.05) is 12.5 Å². The van der Waals surface area contributed by atoms with Gasteiger partial charge in [0.2, 0.25) is 0 Å². The number of aromatic amines is 1. The maximum Gasteiger partial charge on any atom is 0.252 e. The van der Waals surface area contributed by atoms with Gasteiger partial charge in [-0.25, -0.2) is 0 Å². The van der Waals surface area contributed by atoms with Crippen molar-refractivity contribution in [1.82, 2.24) is 14.9 Å². The van der Waals surface area contributed by atoms with Crippen LogP contribution < -0.4 is 10.3 Å². The first kappa shape index (κ1) is 17.7. The largest absolute Gasteiger partial charge is 0.494 e. The fourth-order valence-corrected chi connectivity index (χ4v) is 3.95. The van der Waals surface area contributed by atoms with Crippen molar-refractivity contribution in [2.45, 2.75) is 38.8 Å². The fraction of sp³-hybridized carbons (Fsp3) is 0.364. The van der Waals surface area contributed by atoms with Crippen molar-refractivity contribution in [3.63, 3.8) is 0 Å². The van der Waals surface area contributed by atoms with Gasteiger partial charge in [0, 0.05) is 41.4 Å². The number of hydrogen-bond donors (Lipinski definition) is 1. The van der Waals surface area contributed by atoms with Crippen LogP contribution in [0.1, 0.15) is 43.4 Å². The third-order valence-corrected chi connectivity index (χ3v) is 5.26. The molecule has 0 spiro atoms. The summed E-state index contributed by atoms with van der Waals surface area (Å²) in [6.45, 7) is 4.24. The molecule has 5 nitrogen and oxygen atoms in total. The van der Waals surface area contributed by atoms with Crippen LogP contribution in [0.4, 0.5) is 0 Å². The quantitative estimate of drug-likeness (QED) is 0.743. The third-order valence-electron chi connectivity index (χ3n) is 5.26. The fourth-order valence-electron chi connectivity index (χ4n) is 3.95. The van der Waals surface area contributed by atoms with Gasteiger partial charge in [0.25, 0.3) is 5.56 Å². The highest BCUT2D eigenvalue weighted by molar-refractivity contribution is 5.80. The van der Waals surface area contributed by atoms with E-state index in [1.165, 1.54) is 12.0 Å². The second-order valence-corrected chi connectivity index (χ2v) is 7.07. The lowest BCUT2D eigenvalue weighted by Gasteiger charge is -2.35. The maximum absolute atomic E-state index is 12.6. The highest BCUT2D eigenvalue weighted by Gasteiger charge is 2.24. The van der Waals surface area contributed by atoms with Crippen molar-refractivity contribution in [2.24, 2.45) is 0 Å². The molecule has 1 fully saturated rings. The zero-order chi connectivity index (χ0) is 18.6. The van der Waals surface area contributed by atoms with Gasteiger partial charge >= 0.3 is 0 Å². The van der Waals surface area contributed by atoms with Gasteiger partial charge in [0.05, 0.1) is 6.61 Å². The summed E-state index contributed by atoms with van der Waals surface area (Å²) in [6.07, 6.45) is 7.23. The Labute approximate surface area is 159 Å². The number of pyridine rings is 2. The first-order valence-corrected chi connectivity index (χ1v) is 9.67. The zero-order valence-corrected chi connectivity index (χ0v) is 15.6. The predicted molar refractivity (Wildman–Crippen MR) is 107 cm³/mol. The molecule has 2 aromatic heterocycles. The van der Waals surface area contributed by atoms with Crippen LogP contribution in [0.15, 0.2) is 53.6 Å². The summed E-state index contributed by atoms with van der Waals surface area (Å²) in [5, 5.41) is 1.01. The average Bonchev–Trinajstić information content (AvgIpc) is 2.70. The summed E-state index contributed by atoms with van der Waals surface area (Å²) in [4.78, 5) is 22.3. The monoisotopic (exact) mass is 363 g/mol. The molecule has 0 unspecified atom stereocenters. The Balaban J connectivity index is 1.64. The first-order chi connectivity index (χ1) is 13.2. The van der Waals surface area contributed by atoms with E-state index in [0.29, 0.717) is 19.2 Å². The summed E-state index contributed by atoms with van der Waals surface area (Å²) in [5.41, 5.74) is 2.86. The van der Waals surface area contributed by atoms with E-state index >= 15 is 0 Å². The van der Waals surface area contributed by atoms with Crippen LogP contribution in [-0.4, -0.2) is 28.0 Å². The average molecular weight is 363 g/mol. The van der Waals surface area contributed by atoms with Crippen LogP contribution in [0, 0.1) is 0 Å². The Morgan fingerprint density at radius 3 is 3.00 bits per heavy atom. The van der Waals surface area contributed by atoms with Gasteiger partial charge in [-0.3, -0.25) is 14.7 Å². The van der Waals surface area contributed by atoms with E-state index in [0.717, 1.165) is 41.6 Å². The number of piperidine rings is 1. The van der Waals surface area contributed by atoms with E-state index in [1.54, 1.807) is 6.20 Å². The molecule has 5 heteroatoms. The number of likely N-dealkylation sites (tertiary alicyclic amines) is 1. The number of nitrogens with zero attached hydrogens (tertiary/aromatic N) is 2. The molecule has 1 aliphatic heterocycles. The molecule has 1 aromatic carbocycles. The first-order valence-electron chi connectivity index (χ1n) is 9.67. The second kappa shape index (κ2) is 7.92. The van der Waals surface area contributed by atoms with Crippen LogP contribution >= 0.6 is 0 Å². The summed E-state index contributed by atoms with van der Waals surface area (Å²) in [5.74, 6) is 0.828. The molecule has 1 N–H and O–H groups in total. The predicted octanol–water partition coefficient (Wildman–Crippen LogP) is 4.05. The van der Waals surface area contributed by atoms with Crippen molar-refractivity contribution in [3.8, 4) is 5.75 Å². The van der Waals surface area contributed by atoms with Crippen molar-refractivity contribution >= 4 is 10.9 Å². The van der Waals surface area contributed by atoms with Crippen LogP contribution in [0.3, 0.4) is 0 Å². The summed E-state index contributed by atoms with van der Waals surface area (Å²) in [6, 6.07) is 12.2. The Hall–Kier alpha value is -2.66. The minimum absolute atomic E-state index is 0.0119. The molecule has 0 amide bonds. The summed E-state index contributed by atoms with van der Waals surface area (Å²) < 4.78 is 5.60. The molecule has 140 valence electrons. The van der Waals surface area contributed by atoms with E-state index in [4.69, 9.17) is 4.74 Å². The van der Waals surface area contributed by atoms with Gasteiger partial charge in [-0.05, 0) is 62.2 Å². The van der Waals surface area contributed by atoms with Gasteiger partial charge in [-0.15, -0.1) is 0 Å². The number of hydrogen-bond acceptors (Lipinski definition) is 4. The van der Waals surface area contributed by atoms with E-state index in [-0.39, 0.29) is 5.56 Å². The van der Waals surface area contributed by atoms with Crippen LogP contribution in [0.25, 0.3) is 10.9 Å². The van der Waals surface area contributed by atoms with E-state index in [2.05, 4.69) is 20.9 Å². The molecule has 0 radical (unpaired) electrons. The van der Waals surface area contributed by atoms with Gasteiger partial charge in [-0.2, -0.15) is 0 Å². The number of H-pyrrole nitrogens is 1. The lowest BCUT2D eigenvalue weighted by Crippen LogP contribution is -2.34. The zero-order valence-electron chi connectivity index (χ0n) is 15.6. The summed E-state index contributed by atoms with van der Waals surface area (Å²) >= 11 is 0. The molecule has 0 bridgehead atoms. The molecule has 0 aliphatic carbocycles. The Kier molecular flexibility index (Phi) is 5.21. The molecule has 3 heterocycles. The normalized spacial score (nSPS) is 17.9. The number of aromatic nitrogens is 2. The molecule has 0 saturated carbocycles. The van der Waals surface area contributed by atoms with Crippen molar-refractivity contribution in [3.05, 3.63) is 70.3 Å². The molecule has 1 saturated heterocycles.